The van der Waals surface area contributed by atoms with E-state index in [0.717, 1.165) is 40.1 Å². The number of methoxy groups -OCH3 is 1. The van der Waals surface area contributed by atoms with Crippen molar-refractivity contribution in [1.29, 1.82) is 0 Å². The van der Waals surface area contributed by atoms with E-state index in [9.17, 15) is 14.4 Å². The number of carbonyl (C=O) groups excluding carboxylic acids is 3. The van der Waals surface area contributed by atoms with Gasteiger partial charge in [-0.3, -0.25) is 9.59 Å². The number of hydrogen-bond donors (Lipinski definition) is 0. The normalized spacial score (nSPS) is 22.2. The fourth-order valence-corrected chi connectivity index (χ4v) is 6.75. The van der Waals surface area contributed by atoms with Crippen LogP contribution < -0.4 is 14.4 Å². The first kappa shape index (κ1) is 24.0. The molecule has 0 heterocycles. The van der Waals surface area contributed by atoms with Crippen LogP contribution in [0.4, 0.5) is 10.5 Å². The number of allylic oxidation sites excluding steroid dienone is 2. The van der Waals surface area contributed by atoms with E-state index in [-0.39, 0.29) is 23.7 Å². The quantitative estimate of drug-likeness (QED) is 0.308. The van der Waals surface area contributed by atoms with Crippen LogP contribution >= 0.6 is 0 Å². The van der Waals surface area contributed by atoms with Crippen molar-refractivity contribution < 1.29 is 28.6 Å². The van der Waals surface area contributed by atoms with Gasteiger partial charge in [-0.15, -0.1) is 0 Å². The van der Waals surface area contributed by atoms with Gasteiger partial charge in [0.05, 0.1) is 12.8 Å². The molecule has 3 aliphatic rings. The molecular weight excluding hydrogens is 482 g/mol. The summed E-state index contributed by atoms with van der Waals surface area (Å²) < 4.78 is 16.5. The van der Waals surface area contributed by atoms with Crippen molar-refractivity contribution in [2.75, 3.05) is 12.0 Å². The second kappa shape index (κ2) is 9.17. The number of hydrogen-bond acceptors (Lipinski definition) is 6. The Morgan fingerprint density at radius 3 is 1.79 bits per heavy atom. The number of carbonyl (C=O) groups is 3. The molecule has 0 saturated heterocycles. The number of fused-ring (bicyclic) bond motifs is 8. The van der Waals surface area contributed by atoms with Crippen molar-refractivity contribution in [3.63, 3.8) is 0 Å². The molecule has 6 rings (SSSR count). The highest BCUT2D eigenvalue weighted by Gasteiger charge is 2.63. The Kier molecular flexibility index (Phi) is 5.79. The summed E-state index contributed by atoms with van der Waals surface area (Å²) in [6.07, 6.45) is 0.329. The average Bonchev–Trinajstić information content (AvgIpc) is 3.42. The van der Waals surface area contributed by atoms with E-state index in [1.54, 1.807) is 17.0 Å². The minimum Gasteiger partial charge on any atom is -0.452 e. The number of ether oxygens (including phenoxy) is 3. The van der Waals surface area contributed by atoms with Crippen molar-refractivity contribution in [1.82, 2.24) is 0 Å². The molecule has 0 spiro atoms. The zero-order valence-electron chi connectivity index (χ0n) is 21.3. The van der Waals surface area contributed by atoms with Gasteiger partial charge in [0.2, 0.25) is 0 Å². The highest BCUT2D eigenvalue weighted by Crippen LogP contribution is 2.73. The molecule has 7 heteroatoms. The Morgan fingerprint density at radius 2 is 1.26 bits per heavy atom. The van der Waals surface area contributed by atoms with Crippen LogP contribution in [-0.4, -0.2) is 25.1 Å². The third-order valence-corrected chi connectivity index (χ3v) is 7.84. The Bertz CT molecular complexity index is 1480. The lowest BCUT2D eigenvalue weighted by Gasteiger charge is -2.49. The molecular formula is C31H27NO6. The molecule has 1 saturated carbocycles. The Hall–Kier alpha value is -4.39. The molecule has 4 atom stereocenters. The standard InChI is InChI=1S/C31H27NO6/c1-17(33)37-23-14-15-24(38-18(2)34)27-22-16-21(26(23)27)28-25(19-10-6-4-7-11-19)30(29(22)28)32(31(35)36-3)20-12-8-5-9-13-20/h4-15,21-22,28-29H,16H2,1-3H3. The molecule has 7 nitrogen and oxygen atoms in total. The molecule has 3 aliphatic carbocycles. The number of amides is 1. The molecule has 38 heavy (non-hydrogen) atoms. The third-order valence-electron chi connectivity index (χ3n) is 7.84. The summed E-state index contributed by atoms with van der Waals surface area (Å²) in [4.78, 5) is 38.9. The first-order valence-corrected chi connectivity index (χ1v) is 12.7. The van der Waals surface area contributed by atoms with E-state index < -0.39 is 18.0 Å². The molecule has 0 radical (unpaired) electrons. The highest BCUT2D eigenvalue weighted by molar-refractivity contribution is 5.98. The van der Waals surface area contributed by atoms with Gasteiger partial charge in [0.15, 0.2) is 0 Å². The van der Waals surface area contributed by atoms with Crippen LogP contribution in [0.3, 0.4) is 0 Å². The minimum atomic E-state index is -0.463. The van der Waals surface area contributed by atoms with Gasteiger partial charge in [-0.05, 0) is 53.7 Å². The summed E-state index contributed by atoms with van der Waals surface area (Å²) in [7, 11) is 1.39. The predicted molar refractivity (Wildman–Crippen MR) is 141 cm³/mol. The lowest BCUT2D eigenvalue weighted by Crippen LogP contribution is -2.45. The fraction of sp³-hybridized carbons (Fsp3) is 0.258. The second-order valence-corrected chi connectivity index (χ2v) is 9.88. The largest absolute Gasteiger partial charge is 0.452 e. The van der Waals surface area contributed by atoms with Crippen molar-refractivity contribution in [2.24, 2.45) is 11.8 Å². The maximum atomic E-state index is 13.3. The molecule has 0 N–H and O–H groups in total. The van der Waals surface area contributed by atoms with Crippen molar-refractivity contribution in [3.8, 4) is 11.5 Å². The van der Waals surface area contributed by atoms with Crippen LogP contribution in [0.1, 0.15) is 48.8 Å². The Balaban J connectivity index is 1.56. The average molecular weight is 510 g/mol. The Morgan fingerprint density at radius 1 is 0.737 bits per heavy atom. The summed E-state index contributed by atoms with van der Waals surface area (Å²) in [5.74, 6) is 0.269. The first-order valence-electron chi connectivity index (χ1n) is 12.7. The van der Waals surface area contributed by atoms with Crippen molar-refractivity contribution in [2.45, 2.75) is 32.1 Å². The Labute approximate surface area is 220 Å². The van der Waals surface area contributed by atoms with Gasteiger partial charge in [0.1, 0.15) is 11.5 Å². The summed E-state index contributed by atoms with van der Waals surface area (Å²) in [6.45, 7) is 2.76. The number of anilines is 1. The predicted octanol–water partition coefficient (Wildman–Crippen LogP) is 6.05. The van der Waals surface area contributed by atoms with Gasteiger partial charge in [0.25, 0.3) is 0 Å². The number of nitrogens with zero attached hydrogens (tertiary/aromatic N) is 1. The number of esters is 2. The molecule has 192 valence electrons. The van der Waals surface area contributed by atoms with Crippen LogP contribution in [-0.2, 0) is 14.3 Å². The molecule has 1 fully saturated rings. The van der Waals surface area contributed by atoms with Crippen LogP contribution in [0.5, 0.6) is 11.5 Å². The highest BCUT2D eigenvalue weighted by atomic mass is 16.5. The van der Waals surface area contributed by atoms with Gasteiger partial charge in [-0.1, -0.05) is 48.5 Å². The monoisotopic (exact) mass is 509 g/mol. The summed E-state index contributed by atoms with van der Waals surface area (Å²) in [5, 5.41) is 0. The molecule has 3 aromatic rings. The zero-order chi connectivity index (χ0) is 26.6. The smallest absolute Gasteiger partial charge is 0.418 e. The SMILES string of the molecule is COC(=O)N(C1=C(c2ccccc2)C2C3CC(c4c(OC(C)=O)ccc(OC(C)=O)c43)C12)c1ccccc1. The zero-order valence-corrected chi connectivity index (χ0v) is 21.3. The lowest BCUT2D eigenvalue weighted by molar-refractivity contribution is -0.133. The van der Waals surface area contributed by atoms with Crippen LogP contribution in [0, 0.1) is 11.8 Å². The number of rotatable bonds is 5. The minimum absolute atomic E-state index is 0.0103. The molecule has 1 amide bonds. The van der Waals surface area contributed by atoms with E-state index in [1.807, 2.05) is 48.5 Å². The van der Waals surface area contributed by atoms with Crippen LogP contribution in [0.2, 0.25) is 0 Å². The summed E-state index contributed by atoms with van der Waals surface area (Å²) in [5.41, 5.74) is 5.53. The van der Waals surface area contributed by atoms with Crippen molar-refractivity contribution >= 4 is 29.3 Å². The molecule has 2 bridgehead atoms. The van der Waals surface area contributed by atoms with E-state index in [2.05, 4.69) is 12.1 Å². The fourth-order valence-electron chi connectivity index (χ4n) is 6.75. The van der Waals surface area contributed by atoms with Crippen LogP contribution in [0.15, 0.2) is 78.5 Å². The molecule has 3 aromatic carbocycles. The van der Waals surface area contributed by atoms with E-state index in [1.165, 1.54) is 21.0 Å². The molecule has 0 aliphatic heterocycles. The topological polar surface area (TPSA) is 82.1 Å². The lowest BCUT2D eigenvalue weighted by atomic mass is 9.60. The number of benzene rings is 3. The summed E-state index contributed by atoms with van der Waals surface area (Å²) >= 11 is 0. The third kappa shape index (κ3) is 3.61. The first-order chi connectivity index (χ1) is 18.4. The van der Waals surface area contributed by atoms with Gasteiger partial charge < -0.3 is 14.2 Å². The van der Waals surface area contributed by atoms with Crippen molar-refractivity contribution in [3.05, 3.63) is 95.2 Å². The summed E-state index contributed by atoms with van der Waals surface area (Å²) in [6, 6.07) is 22.9. The van der Waals surface area contributed by atoms with E-state index in [0.29, 0.717) is 11.5 Å². The maximum absolute atomic E-state index is 13.3. The molecule has 0 aromatic heterocycles. The van der Waals surface area contributed by atoms with Gasteiger partial charge in [-0.2, -0.15) is 0 Å². The van der Waals surface area contributed by atoms with Crippen LogP contribution in [0.25, 0.3) is 5.57 Å². The second-order valence-electron chi connectivity index (χ2n) is 9.88. The van der Waals surface area contributed by atoms with Gasteiger partial charge >= 0.3 is 18.0 Å². The van der Waals surface area contributed by atoms with Gasteiger partial charge in [0, 0.05) is 42.5 Å². The molecule has 4 unspecified atom stereocenters. The maximum Gasteiger partial charge on any atom is 0.418 e. The van der Waals surface area contributed by atoms with Gasteiger partial charge in [-0.25, -0.2) is 9.69 Å². The number of para-hydroxylation sites is 1. The van der Waals surface area contributed by atoms with E-state index in [4.69, 9.17) is 14.2 Å². The van der Waals surface area contributed by atoms with E-state index >= 15 is 0 Å².